The Kier molecular flexibility index (Phi) is 7.69. The third kappa shape index (κ3) is 6.26. The number of fused-ring (bicyclic) bond motifs is 2. The summed E-state index contributed by atoms with van der Waals surface area (Å²) in [4.78, 5) is 31.6. The van der Waals surface area contributed by atoms with Crippen LogP contribution < -0.4 is 16.0 Å². The Morgan fingerprint density at radius 2 is 1.79 bits per heavy atom. The number of sulfone groups is 1. The third-order valence-corrected chi connectivity index (χ3v) is 10.8. The number of halogens is 1. The fraction of sp³-hybridized carbons (Fsp3) is 0.517. The monoisotopic (exact) mass is 629 g/mol. The molecule has 2 aromatic heterocycles. The van der Waals surface area contributed by atoms with Crippen molar-refractivity contribution in [1.82, 2.24) is 19.9 Å². The Hall–Kier alpha value is -3.52. The molecule has 0 aliphatic carbocycles. The smallest absolute Gasteiger partial charge is 0.410 e. The van der Waals surface area contributed by atoms with Gasteiger partial charge in [-0.1, -0.05) is 17.4 Å². The van der Waals surface area contributed by atoms with E-state index in [9.17, 15) is 13.2 Å². The van der Waals surface area contributed by atoms with Gasteiger partial charge in [0.1, 0.15) is 15.4 Å². The van der Waals surface area contributed by atoms with Crippen molar-refractivity contribution in [2.75, 3.05) is 40.5 Å². The van der Waals surface area contributed by atoms with E-state index in [1.54, 1.807) is 29.3 Å². The van der Waals surface area contributed by atoms with Gasteiger partial charge in [0, 0.05) is 43.0 Å². The quantitative estimate of drug-likeness (QED) is 0.385. The number of likely N-dealkylation sites (tertiary alicyclic amines) is 1. The van der Waals surface area contributed by atoms with Gasteiger partial charge in [-0.25, -0.2) is 32.6 Å². The van der Waals surface area contributed by atoms with Crippen molar-refractivity contribution in [3.63, 3.8) is 0 Å². The van der Waals surface area contributed by atoms with Gasteiger partial charge in [0.15, 0.2) is 10.9 Å². The maximum absolute atomic E-state index is 15.4. The first kappa shape index (κ1) is 29.5. The van der Waals surface area contributed by atoms with E-state index in [4.69, 9.17) is 20.4 Å². The number of hydrogen-bond acceptors (Lipinski definition) is 11. The highest BCUT2D eigenvalue weighted by atomic mass is 32.2. The number of nitrogen functional groups attached to an aromatic ring is 1. The molecule has 0 spiro atoms. The van der Waals surface area contributed by atoms with E-state index in [0.29, 0.717) is 48.1 Å². The summed E-state index contributed by atoms with van der Waals surface area (Å²) >= 11 is 1.43. The number of hydrogen-bond donors (Lipinski definition) is 2. The topological polar surface area (TPSA) is 144 Å². The Bertz CT molecular complexity index is 1610. The number of rotatable bonds is 5. The molecule has 5 heterocycles. The summed E-state index contributed by atoms with van der Waals surface area (Å²) < 4.78 is 44.8. The van der Waals surface area contributed by atoms with Crippen LogP contribution in [0.4, 0.5) is 26.0 Å². The first-order chi connectivity index (χ1) is 20.4. The Morgan fingerprint density at radius 1 is 1.09 bits per heavy atom. The van der Waals surface area contributed by atoms with Crippen molar-refractivity contribution in [3.8, 4) is 21.8 Å². The van der Waals surface area contributed by atoms with Crippen molar-refractivity contribution in [1.29, 1.82) is 0 Å². The molecule has 14 heteroatoms. The molecular formula is C29H36FN7O4S2. The number of thiazole rings is 1. The minimum atomic E-state index is -3.00. The zero-order valence-electron chi connectivity index (χ0n) is 24.4. The summed E-state index contributed by atoms with van der Waals surface area (Å²) in [6.45, 7) is 6.61. The van der Waals surface area contributed by atoms with Crippen molar-refractivity contribution in [2.45, 2.75) is 70.2 Å². The van der Waals surface area contributed by atoms with Gasteiger partial charge in [-0.05, 0) is 64.7 Å². The third-order valence-electron chi connectivity index (χ3n) is 8.03. The van der Waals surface area contributed by atoms with Crippen LogP contribution in [0.1, 0.15) is 46.5 Å². The number of amides is 1. The summed E-state index contributed by atoms with van der Waals surface area (Å²) in [6, 6.07) is 6.67. The van der Waals surface area contributed by atoms with E-state index >= 15 is 4.39 Å². The lowest BCUT2D eigenvalue weighted by molar-refractivity contribution is 0.0209. The Labute approximate surface area is 254 Å². The number of carbonyl (C=O) groups is 1. The van der Waals surface area contributed by atoms with Gasteiger partial charge in [0.2, 0.25) is 5.95 Å². The van der Waals surface area contributed by atoms with Crippen LogP contribution >= 0.6 is 11.3 Å². The van der Waals surface area contributed by atoms with Gasteiger partial charge >= 0.3 is 6.09 Å². The van der Waals surface area contributed by atoms with Crippen LogP contribution in [-0.2, 0) is 14.6 Å². The maximum Gasteiger partial charge on any atom is 0.410 e. The second kappa shape index (κ2) is 11.2. The minimum Gasteiger partial charge on any atom is -0.444 e. The van der Waals surface area contributed by atoms with E-state index in [2.05, 4.69) is 15.2 Å². The van der Waals surface area contributed by atoms with Crippen molar-refractivity contribution in [3.05, 3.63) is 36.3 Å². The van der Waals surface area contributed by atoms with Crippen LogP contribution in [0.15, 0.2) is 30.5 Å². The van der Waals surface area contributed by atoms with Crippen molar-refractivity contribution < 1.29 is 22.3 Å². The molecule has 3 aromatic rings. The van der Waals surface area contributed by atoms with Crippen LogP contribution in [0, 0.1) is 5.82 Å². The standard InChI is InChI=1S/C29H36FN7O4S2/c1-29(2,3)41-28(38)36-15-18-7-8-19(16-36)37(18)27-35-24(20-5-4-6-21(31)23(20)30)25(42-27)22-9-12-32-26(34-22)33-17-10-13-43(39,40)14-11-17/h4-6,9,12,17-19H,7-8,10-11,13-16,31H2,1-3H3,(H,32,33,34). The average molecular weight is 630 g/mol. The first-order valence-electron chi connectivity index (χ1n) is 14.5. The molecule has 3 N–H and O–H groups in total. The molecule has 43 heavy (non-hydrogen) atoms. The predicted molar refractivity (Wildman–Crippen MR) is 165 cm³/mol. The molecule has 0 saturated carbocycles. The van der Waals surface area contributed by atoms with Gasteiger partial charge in [0.25, 0.3) is 0 Å². The lowest BCUT2D eigenvalue weighted by Crippen LogP contribution is -2.56. The van der Waals surface area contributed by atoms with E-state index in [1.165, 1.54) is 17.4 Å². The van der Waals surface area contributed by atoms with Gasteiger partial charge < -0.3 is 25.6 Å². The number of benzene rings is 1. The molecule has 230 valence electrons. The molecule has 0 radical (unpaired) electrons. The highest BCUT2D eigenvalue weighted by Crippen LogP contribution is 2.45. The highest BCUT2D eigenvalue weighted by molar-refractivity contribution is 7.91. The molecule has 2 atom stereocenters. The second-order valence-corrected chi connectivity index (χ2v) is 15.7. The zero-order valence-corrected chi connectivity index (χ0v) is 26.0. The van der Waals surface area contributed by atoms with Crippen LogP contribution in [0.2, 0.25) is 0 Å². The van der Waals surface area contributed by atoms with Crippen molar-refractivity contribution in [2.24, 2.45) is 0 Å². The van der Waals surface area contributed by atoms with E-state index in [1.807, 2.05) is 20.8 Å². The molecule has 1 amide bonds. The van der Waals surface area contributed by atoms with Crippen molar-refractivity contribution >= 4 is 44.0 Å². The molecular weight excluding hydrogens is 593 g/mol. The van der Waals surface area contributed by atoms with E-state index in [0.717, 1.165) is 18.0 Å². The second-order valence-electron chi connectivity index (χ2n) is 12.4. The predicted octanol–water partition coefficient (Wildman–Crippen LogP) is 4.57. The molecule has 1 aromatic carbocycles. The van der Waals surface area contributed by atoms with E-state index < -0.39 is 21.3 Å². The number of nitrogens with one attached hydrogen (secondary N) is 1. The fourth-order valence-corrected chi connectivity index (χ4v) is 8.66. The van der Waals surface area contributed by atoms with Gasteiger partial charge in [-0.3, -0.25) is 0 Å². The molecule has 2 bridgehead atoms. The lowest BCUT2D eigenvalue weighted by Gasteiger charge is -2.41. The molecule has 2 unspecified atom stereocenters. The van der Waals surface area contributed by atoms with Crippen LogP contribution in [0.25, 0.3) is 21.8 Å². The maximum atomic E-state index is 15.4. The fourth-order valence-electron chi connectivity index (χ4n) is 5.97. The van der Waals surface area contributed by atoms with Crippen LogP contribution in [0.3, 0.4) is 0 Å². The van der Waals surface area contributed by atoms with Crippen LogP contribution in [-0.4, -0.2) is 82.7 Å². The van der Waals surface area contributed by atoms with Gasteiger partial charge in [-0.15, -0.1) is 0 Å². The minimum absolute atomic E-state index is 0.0290. The van der Waals surface area contributed by atoms with E-state index in [-0.39, 0.29) is 47.0 Å². The van der Waals surface area contributed by atoms with Gasteiger partial charge in [0.05, 0.1) is 33.5 Å². The summed E-state index contributed by atoms with van der Waals surface area (Å²) in [5, 5.41) is 4.01. The highest BCUT2D eigenvalue weighted by Gasteiger charge is 2.44. The summed E-state index contributed by atoms with van der Waals surface area (Å²) in [7, 11) is -3.00. The molecule has 3 fully saturated rings. The molecule has 6 rings (SSSR count). The number of anilines is 3. The lowest BCUT2D eigenvalue weighted by atomic mass is 10.1. The molecule has 11 nitrogen and oxygen atoms in total. The number of nitrogens with zero attached hydrogens (tertiary/aromatic N) is 5. The summed E-state index contributed by atoms with van der Waals surface area (Å²) in [5.74, 6) is 0.0894. The normalized spacial score (nSPS) is 22.0. The first-order valence-corrected chi connectivity index (χ1v) is 17.1. The number of piperazine rings is 1. The Morgan fingerprint density at radius 3 is 2.47 bits per heavy atom. The SMILES string of the molecule is CC(C)(C)OC(=O)N1CC2CCC(C1)N2c1nc(-c2cccc(N)c2F)c(-c2ccnc(NC3CCS(=O)(=O)CC3)n2)s1. The summed E-state index contributed by atoms with van der Waals surface area (Å²) in [5.41, 5.74) is 6.69. The number of ether oxygens (including phenoxy) is 1. The average Bonchev–Trinajstić information content (AvgIpc) is 3.48. The number of aromatic nitrogens is 3. The molecule has 3 aliphatic rings. The van der Waals surface area contributed by atoms with Crippen LogP contribution in [0.5, 0.6) is 0 Å². The van der Waals surface area contributed by atoms with Gasteiger partial charge in [-0.2, -0.15) is 0 Å². The molecule has 3 saturated heterocycles. The Balaban J connectivity index is 1.32. The number of nitrogens with two attached hydrogens (primary N) is 1. The zero-order chi connectivity index (χ0) is 30.5. The summed E-state index contributed by atoms with van der Waals surface area (Å²) in [6.07, 6.45) is 4.09. The number of carbonyl (C=O) groups excluding carboxylic acids is 1. The largest absolute Gasteiger partial charge is 0.444 e. The molecule has 3 aliphatic heterocycles.